The number of amides is 1. The fourth-order valence-corrected chi connectivity index (χ4v) is 4.78. The molecule has 0 aromatic heterocycles. The van der Waals surface area contributed by atoms with Gasteiger partial charge in [-0.1, -0.05) is 42.5 Å². The Bertz CT molecular complexity index is 1350. The Morgan fingerprint density at radius 2 is 1.59 bits per heavy atom. The van der Waals surface area contributed by atoms with E-state index in [1.807, 2.05) is 68.7 Å². The maximum atomic E-state index is 13.1. The molecule has 0 saturated heterocycles. The second kappa shape index (κ2) is 9.42. The second-order valence-corrected chi connectivity index (χ2v) is 10.8. The molecule has 1 aliphatic rings. The number of hydrogen-bond donors (Lipinski definition) is 2. The van der Waals surface area contributed by atoms with Crippen LogP contribution >= 0.6 is 0 Å². The number of benzene rings is 3. The average molecular weight is 477 g/mol. The Kier molecular flexibility index (Phi) is 6.56. The molecule has 1 aliphatic heterocycles. The van der Waals surface area contributed by atoms with Crippen LogP contribution in [0.1, 0.15) is 16.7 Å². The Morgan fingerprint density at radius 3 is 2.21 bits per heavy atom. The van der Waals surface area contributed by atoms with Gasteiger partial charge in [-0.05, 0) is 55.6 Å². The molecule has 176 valence electrons. The van der Waals surface area contributed by atoms with Crippen LogP contribution in [0.3, 0.4) is 0 Å². The van der Waals surface area contributed by atoms with Crippen LogP contribution in [0.5, 0.6) is 0 Å². The number of hydrogen-bond acceptors (Lipinski definition) is 5. The molecule has 1 heterocycles. The minimum Gasteiger partial charge on any atom is -0.354 e. The minimum atomic E-state index is -3.66. The predicted molar refractivity (Wildman–Crippen MR) is 137 cm³/mol. The van der Waals surface area contributed by atoms with Gasteiger partial charge < -0.3 is 15.5 Å². The molecule has 0 saturated carbocycles. The quantitative estimate of drug-likeness (QED) is 0.505. The Balaban J connectivity index is 1.85. The highest BCUT2D eigenvalue weighted by atomic mass is 32.2. The normalized spacial score (nSPS) is 14.8. The molecule has 8 heteroatoms. The van der Waals surface area contributed by atoms with Gasteiger partial charge >= 0.3 is 0 Å². The van der Waals surface area contributed by atoms with E-state index < -0.39 is 10.0 Å². The number of rotatable bonds is 7. The van der Waals surface area contributed by atoms with E-state index in [9.17, 15) is 13.2 Å². The molecule has 0 unspecified atom stereocenters. The first kappa shape index (κ1) is 23.7. The van der Waals surface area contributed by atoms with Crippen molar-refractivity contribution in [3.05, 3.63) is 89.5 Å². The smallest absolute Gasteiger partial charge is 0.258 e. The topological polar surface area (TPSA) is 81.8 Å². The zero-order valence-corrected chi connectivity index (χ0v) is 20.5. The van der Waals surface area contributed by atoms with Gasteiger partial charge in [0.15, 0.2) is 0 Å². The van der Waals surface area contributed by atoms with Gasteiger partial charge in [-0.3, -0.25) is 4.79 Å². The van der Waals surface area contributed by atoms with Crippen LogP contribution in [0.2, 0.25) is 0 Å². The summed E-state index contributed by atoms with van der Waals surface area (Å²) < 4.78 is 26.6. The zero-order chi connectivity index (χ0) is 24.5. The van der Waals surface area contributed by atoms with Crippen LogP contribution in [0, 0.1) is 0 Å². The van der Waals surface area contributed by atoms with Gasteiger partial charge in [-0.15, -0.1) is 0 Å². The van der Waals surface area contributed by atoms with Gasteiger partial charge in [0.25, 0.3) is 5.91 Å². The van der Waals surface area contributed by atoms with Crippen molar-refractivity contribution in [3.8, 4) is 0 Å². The first-order chi connectivity index (χ1) is 16.2. The second-order valence-electron chi connectivity index (χ2n) is 8.62. The van der Waals surface area contributed by atoms with E-state index in [1.165, 1.54) is 25.7 Å². The maximum Gasteiger partial charge on any atom is 0.258 e. The van der Waals surface area contributed by atoms with Gasteiger partial charge in [-0.2, -0.15) is 0 Å². The van der Waals surface area contributed by atoms with Crippen LogP contribution in [-0.2, 0) is 21.4 Å². The third kappa shape index (κ3) is 4.75. The van der Waals surface area contributed by atoms with Crippen molar-refractivity contribution in [1.29, 1.82) is 0 Å². The van der Waals surface area contributed by atoms with Crippen LogP contribution in [0.15, 0.2) is 77.7 Å². The molecule has 0 aliphatic carbocycles. The standard InChI is InChI=1S/C26H28N4O3S/c1-29(2)17-18-10-12-20(13-11-18)27-25(19-8-6-5-7-9-19)24-22-16-21(34(32,33)30(3)4)14-15-23(22)28-26(24)31/h5-16,27H,17H2,1-4H3,(H,28,31)/b25-24-. The van der Waals surface area contributed by atoms with Crippen LogP contribution in [0.25, 0.3) is 11.3 Å². The lowest BCUT2D eigenvalue weighted by Crippen LogP contribution is -2.22. The highest BCUT2D eigenvalue weighted by Crippen LogP contribution is 2.39. The molecule has 0 atom stereocenters. The van der Waals surface area contributed by atoms with E-state index in [0.717, 1.165) is 22.1 Å². The van der Waals surface area contributed by atoms with E-state index in [0.29, 0.717) is 22.5 Å². The first-order valence-electron chi connectivity index (χ1n) is 10.9. The summed E-state index contributed by atoms with van der Waals surface area (Å²) in [5.41, 5.74) is 4.95. The Morgan fingerprint density at radius 1 is 0.912 bits per heavy atom. The van der Waals surface area contributed by atoms with Crippen molar-refractivity contribution in [2.45, 2.75) is 11.4 Å². The summed E-state index contributed by atoms with van der Waals surface area (Å²) in [6, 6.07) is 22.3. The number of sulfonamides is 1. The summed E-state index contributed by atoms with van der Waals surface area (Å²) >= 11 is 0. The third-order valence-electron chi connectivity index (χ3n) is 5.55. The molecular weight excluding hydrogens is 448 g/mol. The Hall–Kier alpha value is -3.46. The van der Waals surface area contributed by atoms with Gasteiger partial charge in [0.1, 0.15) is 0 Å². The number of carbonyl (C=O) groups excluding carboxylic acids is 1. The monoisotopic (exact) mass is 476 g/mol. The zero-order valence-electron chi connectivity index (χ0n) is 19.7. The number of anilines is 2. The Labute approximate surface area is 200 Å². The lowest BCUT2D eigenvalue weighted by atomic mass is 10.00. The lowest BCUT2D eigenvalue weighted by Gasteiger charge is -2.16. The summed E-state index contributed by atoms with van der Waals surface area (Å²) in [7, 11) is 3.35. The average Bonchev–Trinajstić information content (AvgIpc) is 3.13. The molecule has 4 rings (SSSR count). The van der Waals surface area contributed by atoms with Crippen LogP contribution in [0.4, 0.5) is 11.4 Å². The molecule has 0 radical (unpaired) electrons. The van der Waals surface area contributed by atoms with Crippen LogP contribution in [-0.4, -0.2) is 51.7 Å². The van der Waals surface area contributed by atoms with Gasteiger partial charge in [0, 0.05) is 37.6 Å². The predicted octanol–water partition coefficient (Wildman–Crippen LogP) is 3.93. The minimum absolute atomic E-state index is 0.130. The van der Waals surface area contributed by atoms with Gasteiger partial charge in [0.05, 0.1) is 16.2 Å². The van der Waals surface area contributed by atoms with E-state index in [2.05, 4.69) is 15.5 Å². The van der Waals surface area contributed by atoms with Crippen LogP contribution < -0.4 is 10.6 Å². The molecule has 0 fully saturated rings. The van der Waals surface area contributed by atoms with Crippen molar-refractivity contribution >= 4 is 38.6 Å². The molecular formula is C26H28N4O3S. The molecule has 7 nitrogen and oxygen atoms in total. The molecule has 0 spiro atoms. The van der Waals surface area contributed by atoms with E-state index in [4.69, 9.17) is 0 Å². The van der Waals surface area contributed by atoms with E-state index in [-0.39, 0.29) is 10.8 Å². The number of carbonyl (C=O) groups is 1. The highest BCUT2D eigenvalue weighted by molar-refractivity contribution is 7.89. The summed E-state index contributed by atoms with van der Waals surface area (Å²) in [6.45, 7) is 0.825. The highest BCUT2D eigenvalue weighted by Gasteiger charge is 2.30. The molecule has 3 aromatic rings. The number of nitrogens with one attached hydrogen (secondary N) is 2. The van der Waals surface area contributed by atoms with Crippen molar-refractivity contribution in [2.24, 2.45) is 0 Å². The summed E-state index contributed by atoms with van der Waals surface area (Å²) in [5, 5.41) is 6.29. The number of nitrogens with zero attached hydrogens (tertiary/aromatic N) is 2. The fraction of sp³-hybridized carbons (Fsp3) is 0.192. The first-order valence-corrected chi connectivity index (χ1v) is 12.3. The SMILES string of the molecule is CN(C)Cc1ccc(N/C(=C2\C(=O)Nc3ccc(S(=O)(=O)N(C)C)cc32)c2ccccc2)cc1. The molecule has 34 heavy (non-hydrogen) atoms. The fourth-order valence-electron chi connectivity index (χ4n) is 3.85. The van der Waals surface area contributed by atoms with Crippen molar-refractivity contribution in [2.75, 3.05) is 38.8 Å². The van der Waals surface area contributed by atoms with E-state index in [1.54, 1.807) is 12.1 Å². The maximum absolute atomic E-state index is 13.1. The largest absolute Gasteiger partial charge is 0.354 e. The molecule has 3 aromatic carbocycles. The van der Waals surface area contributed by atoms with Crippen molar-refractivity contribution < 1.29 is 13.2 Å². The number of fused-ring (bicyclic) bond motifs is 1. The summed E-state index contributed by atoms with van der Waals surface area (Å²) in [4.78, 5) is 15.4. The summed E-state index contributed by atoms with van der Waals surface area (Å²) in [6.07, 6.45) is 0. The van der Waals surface area contributed by atoms with Gasteiger partial charge in [-0.25, -0.2) is 12.7 Å². The molecule has 1 amide bonds. The van der Waals surface area contributed by atoms with Gasteiger partial charge in [0.2, 0.25) is 10.0 Å². The lowest BCUT2D eigenvalue weighted by molar-refractivity contribution is -0.110. The third-order valence-corrected chi connectivity index (χ3v) is 7.36. The van der Waals surface area contributed by atoms with Crippen molar-refractivity contribution in [3.63, 3.8) is 0 Å². The summed E-state index contributed by atoms with van der Waals surface area (Å²) in [5.74, 6) is -0.287. The molecule has 0 bridgehead atoms. The molecule has 2 N–H and O–H groups in total. The van der Waals surface area contributed by atoms with Crippen molar-refractivity contribution in [1.82, 2.24) is 9.21 Å². The van der Waals surface area contributed by atoms with E-state index >= 15 is 0 Å².